The number of β-amino-alcohol motifs (C(OH)–C–C–N with tert-alkyl or cyclic N) is 1. The van der Waals surface area contributed by atoms with Gasteiger partial charge in [0.2, 0.25) is 0 Å². The molecule has 16 heavy (non-hydrogen) atoms. The summed E-state index contributed by atoms with van der Waals surface area (Å²) in [4.78, 5) is 13.7. The molecule has 0 aromatic heterocycles. The van der Waals surface area contributed by atoms with E-state index in [1.54, 1.807) is 18.1 Å². The van der Waals surface area contributed by atoms with E-state index in [0.717, 1.165) is 5.56 Å². The number of hydrogen-bond acceptors (Lipinski definition) is 3. The van der Waals surface area contributed by atoms with Crippen molar-refractivity contribution < 1.29 is 14.6 Å². The molecule has 0 atom stereocenters. The fraction of sp³-hybridized carbons (Fsp3) is 0.417. The van der Waals surface area contributed by atoms with Crippen molar-refractivity contribution in [1.82, 2.24) is 4.90 Å². The van der Waals surface area contributed by atoms with Gasteiger partial charge in [-0.05, 0) is 11.6 Å². The van der Waals surface area contributed by atoms with Crippen molar-refractivity contribution in [3.05, 3.63) is 35.4 Å². The highest BCUT2D eigenvalue weighted by molar-refractivity contribution is 5.96. The first-order valence-electron chi connectivity index (χ1n) is 5.26. The Morgan fingerprint density at radius 2 is 2.19 bits per heavy atom. The Morgan fingerprint density at radius 3 is 2.81 bits per heavy atom. The van der Waals surface area contributed by atoms with Crippen LogP contribution < -0.4 is 0 Å². The molecule has 0 spiro atoms. The van der Waals surface area contributed by atoms with Gasteiger partial charge in [0.15, 0.2) is 0 Å². The first-order valence-corrected chi connectivity index (χ1v) is 5.26. The number of ether oxygens (including phenoxy) is 1. The van der Waals surface area contributed by atoms with Crippen molar-refractivity contribution in [1.29, 1.82) is 0 Å². The van der Waals surface area contributed by atoms with Crippen LogP contribution in [0.2, 0.25) is 0 Å². The summed E-state index contributed by atoms with van der Waals surface area (Å²) < 4.78 is 5.05. The molecule has 2 rings (SSSR count). The fourth-order valence-corrected chi connectivity index (χ4v) is 1.80. The summed E-state index contributed by atoms with van der Waals surface area (Å²) in [6.45, 7) is 1.29. The van der Waals surface area contributed by atoms with Crippen molar-refractivity contribution in [2.24, 2.45) is 0 Å². The molecule has 1 aromatic rings. The minimum atomic E-state index is -0.362. The molecule has 0 unspecified atom stereocenters. The zero-order chi connectivity index (χ0) is 11.5. The summed E-state index contributed by atoms with van der Waals surface area (Å²) in [5, 5.41) is 9.17. The number of aliphatic hydroxyl groups excluding tert-OH is 1. The molecule has 1 N–H and O–H groups in total. The maximum Gasteiger partial charge on any atom is 0.254 e. The summed E-state index contributed by atoms with van der Waals surface area (Å²) in [6, 6.07) is 7.40. The Hall–Kier alpha value is -1.39. The summed E-state index contributed by atoms with van der Waals surface area (Å²) >= 11 is 0. The lowest BCUT2D eigenvalue weighted by Gasteiger charge is -2.36. The highest BCUT2D eigenvalue weighted by Crippen LogP contribution is 2.17. The fourth-order valence-electron chi connectivity index (χ4n) is 1.80. The van der Waals surface area contributed by atoms with Gasteiger partial charge in [-0.1, -0.05) is 18.2 Å². The van der Waals surface area contributed by atoms with Crippen LogP contribution in [0.1, 0.15) is 15.9 Å². The van der Waals surface area contributed by atoms with Gasteiger partial charge in [-0.2, -0.15) is 0 Å². The number of benzene rings is 1. The Kier molecular flexibility index (Phi) is 3.22. The third kappa shape index (κ3) is 2.08. The number of methoxy groups -OCH3 is 1. The van der Waals surface area contributed by atoms with E-state index >= 15 is 0 Å². The topological polar surface area (TPSA) is 49.8 Å². The third-order valence-electron chi connectivity index (χ3n) is 2.70. The third-order valence-corrected chi connectivity index (χ3v) is 2.70. The van der Waals surface area contributed by atoms with Gasteiger partial charge in [-0.3, -0.25) is 4.79 Å². The van der Waals surface area contributed by atoms with E-state index in [-0.39, 0.29) is 12.0 Å². The molecular formula is C12H15NO3. The molecule has 1 aromatic carbocycles. The Bertz CT molecular complexity index is 386. The number of nitrogens with zero attached hydrogens (tertiary/aromatic N) is 1. The SMILES string of the molecule is COCc1ccccc1C(=O)N1CC(O)C1. The maximum absolute atomic E-state index is 12.0. The van der Waals surface area contributed by atoms with Crippen molar-refractivity contribution >= 4 is 5.91 Å². The van der Waals surface area contributed by atoms with Crippen molar-refractivity contribution in [2.45, 2.75) is 12.7 Å². The van der Waals surface area contributed by atoms with Gasteiger partial charge in [0.1, 0.15) is 0 Å². The van der Waals surface area contributed by atoms with Gasteiger partial charge in [0, 0.05) is 25.8 Å². The van der Waals surface area contributed by atoms with Gasteiger partial charge < -0.3 is 14.7 Å². The van der Waals surface area contributed by atoms with Gasteiger partial charge in [-0.25, -0.2) is 0 Å². The van der Waals surface area contributed by atoms with Gasteiger partial charge in [0.25, 0.3) is 5.91 Å². The van der Waals surface area contributed by atoms with E-state index in [1.807, 2.05) is 18.2 Å². The molecule has 1 heterocycles. The summed E-state index contributed by atoms with van der Waals surface area (Å²) in [5.41, 5.74) is 1.55. The molecule has 0 saturated carbocycles. The number of hydrogen-bond donors (Lipinski definition) is 1. The van der Waals surface area contributed by atoms with Gasteiger partial charge >= 0.3 is 0 Å². The molecule has 0 radical (unpaired) electrons. The van der Waals surface area contributed by atoms with Crippen LogP contribution in [0.4, 0.5) is 0 Å². The van der Waals surface area contributed by atoms with E-state index in [4.69, 9.17) is 9.84 Å². The van der Waals surface area contributed by atoms with Crippen LogP contribution in [0.3, 0.4) is 0 Å². The van der Waals surface area contributed by atoms with Crippen LogP contribution in [0, 0.1) is 0 Å². The lowest BCUT2D eigenvalue weighted by Crippen LogP contribution is -2.53. The quantitative estimate of drug-likeness (QED) is 0.815. The van der Waals surface area contributed by atoms with E-state index in [1.165, 1.54) is 0 Å². The Balaban J connectivity index is 2.16. The second-order valence-electron chi connectivity index (χ2n) is 3.95. The minimum Gasteiger partial charge on any atom is -0.389 e. The normalized spacial score (nSPS) is 16.0. The van der Waals surface area contributed by atoms with E-state index < -0.39 is 0 Å². The molecule has 1 aliphatic rings. The van der Waals surface area contributed by atoms with E-state index in [2.05, 4.69) is 0 Å². The van der Waals surface area contributed by atoms with Crippen molar-refractivity contribution in [2.75, 3.05) is 20.2 Å². The molecule has 4 nitrogen and oxygen atoms in total. The molecule has 0 aliphatic carbocycles. The van der Waals surface area contributed by atoms with Crippen molar-refractivity contribution in [3.63, 3.8) is 0 Å². The van der Waals surface area contributed by atoms with Crippen LogP contribution in [0.5, 0.6) is 0 Å². The average molecular weight is 221 g/mol. The zero-order valence-corrected chi connectivity index (χ0v) is 9.22. The van der Waals surface area contributed by atoms with Gasteiger partial charge in [-0.15, -0.1) is 0 Å². The Labute approximate surface area is 94.4 Å². The first kappa shape index (κ1) is 11.1. The predicted molar refractivity (Wildman–Crippen MR) is 59.1 cm³/mol. The molecule has 1 fully saturated rings. The number of aliphatic hydroxyl groups is 1. The van der Waals surface area contributed by atoms with Crippen LogP contribution in [0.15, 0.2) is 24.3 Å². The summed E-state index contributed by atoms with van der Waals surface area (Å²) in [7, 11) is 1.61. The molecule has 0 bridgehead atoms. The molecule has 1 aliphatic heterocycles. The lowest BCUT2D eigenvalue weighted by atomic mass is 10.0. The summed E-state index contributed by atoms with van der Waals surface area (Å²) in [5.74, 6) is -0.0297. The van der Waals surface area contributed by atoms with E-state index in [0.29, 0.717) is 25.3 Å². The lowest BCUT2D eigenvalue weighted by molar-refractivity contribution is 0.00568. The number of carbonyl (C=O) groups excluding carboxylic acids is 1. The number of likely N-dealkylation sites (tertiary alicyclic amines) is 1. The van der Waals surface area contributed by atoms with Gasteiger partial charge in [0.05, 0.1) is 12.7 Å². The van der Waals surface area contributed by atoms with Crippen LogP contribution >= 0.6 is 0 Å². The monoisotopic (exact) mass is 221 g/mol. The first-order chi connectivity index (χ1) is 7.72. The standard InChI is InChI=1S/C12H15NO3/c1-16-8-9-4-2-3-5-11(9)12(15)13-6-10(14)7-13/h2-5,10,14H,6-8H2,1H3. The van der Waals surface area contributed by atoms with Crippen LogP contribution in [0.25, 0.3) is 0 Å². The zero-order valence-electron chi connectivity index (χ0n) is 9.22. The minimum absolute atomic E-state index is 0.0297. The molecule has 4 heteroatoms. The molecular weight excluding hydrogens is 206 g/mol. The van der Waals surface area contributed by atoms with Crippen molar-refractivity contribution in [3.8, 4) is 0 Å². The molecule has 1 amide bonds. The van der Waals surface area contributed by atoms with E-state index in [9.17, 15) is 4.79 Å². The highest BCUT2D eigenvalue weighted by atomic mass is 16.5. The second-order valence-corrected chi connectivity index (χ2v) is 3.95. The number of amides is 1. The highest BCUT2D eigenvalue weighted by Gasteiger charge is 2.30. The average Bonchev–Trinajstić information content (AvgIpc) is 2.25. The Morgan fingerprint density at radius 1 is 1.50 bits per heavy atom. The number of rotatable bonds is 3. The molecule has 86 valence electrons. The summed E-state index contributed by atoms with van der Waals surface area (Å²) in [6.07, 6.45) is -0.362. The smallest absolute Gasteiger partial charge is 0.254 e. The number of carbonyl (C=O) groups is 1. The predicted octanol–water partition coefficient (Wildman–Crippen LogP) is 0.650. The van der Waals surface area contributed by atoms with Crippen LogP contribution in [-0.4, -0.2) is 42.2 Å². The molecule has 1 saturated heterocycles. The second kappa shape index (κ2) is 4.63. The largest absolute Gasteiger partial charge is 0.389 e. The van der Waals surface area contributed by atoms with Crippen LogP contribution in [-0.2, 0) is 11.3 Å². The maximum atomic E-state index is 12.0.